The lowest BCUT2D eigenvalue weighted by Crippen LogP contribution is -2.50. The maximum Gasteiger partial charge on any atom is 0.495 e. The summed E-state index contributed by atoms with van der Waals surface area (Å²) in [4.78, 5) is 16.3. The Labute approximate surface area is 179 Å². The fourth-order valence-electron chi connectivity index (χ4n) is 3.56. The van der Waals surface area contributed by atoms with E-state index in [9.17, 15) is 9.18 Å². The number of benzene rings is 1. The second-order valence-electron chi connectivity index (χ2n) is 10.2. The molecule has 2 heterocycles. The maximum absolute atomic E-state index is 14.1. The van der Waals surface area contributed by atoms with Gasteiger partial charge in [0, 0.05) is 32.7 Å². The van der Waals surface area contributed by atoms with Crippen molar-refractivity contribution in [1.29, 1.82) is 0 Å². The third-order valence-electron chi connectivity index (χ3n) is 6.03. The number of carbonyl (C=O) groups excluding carboxylic acids is 1. The van der Waals surface area contributed by atoms with E-state index in [1.165, 1.54) is 12.1 Å². The molecule has 3 rings (SSSR count). The van der Waals surface area contributed by atoms with E-state index in [-0.39, 0.29) is 11.9 Å². The molecule has 6 nitrogen and oxygen atoms in total. The summed E-state index contributed by atoms with van der Waals surface area (Å²) in [5, 5.41) is 0. The van der Waals surface area contributed by atoms with Crippen molar-refractivity contribution < 1.29 is 23.2 Å². The van der Waals surface area contributed by atoms with Crippen molar-refractivity contribution in [2.75, 3.05) is 26.2 Å². The average molecular weight is 420 g/mol. The van der Waals surface area contributed by atoms with Gasteiger partial charge in [0.05, 0.1) is 11.2 Å². The molecule has 0 saturated carbocycles. The van der Waals surface area contributed by atoms with Gasteiger partial charge in [0.1, 0.15) is 11.4 Å². The Hall–Kier alpha value is -1.64. The van der Waals surface area contributed by atoms with Crippen LogP contribution in [0.2, 0.25) is 0 Å². The summed E-state index contributed by atoms with van der Waals surface area (Å²) in [5.74, 6) is -0.307. The van der Waals surface area contributed by atoms with Crippen LogP contribution in [-0.4, -0.2) is 66.0 Å². The Morgan fingerprint density at radius 1 is 1.10 bits per heavy atom. The van der Waals surface area contributed by atoms with Crippen LogP contribution in [0.15, 0.2) is 18.2 Å². The molecule has 30 heavy (non-hydrogen) atoms. The van der Waals surface area contributed by atoms with E-state index in [0.717, 1.165) is 24.1 Å². The second kappa shape index (κ2) is 8.13. The van der Waals surface area contributed by atoms with Crippen molar-refractivity contribution in [3.05, 3.63) is 29.6 Å². The summed E-state index contributed by atoms with van der Waals surface area (Å²) in [6.45, 7) is 16.8. The molecule has 2 aliphatic heterocycles. The van der Waals surface area contributed by atoms with Crippen LogP contribution < -0.4 is 5.46 Å². The van der Waals surface area contributed by atoms with Gasteiger partial charge in [0.25, 0.3) is 0 Å². The van der Waals surface area contributed by atoms with Crippen LogP contribution in [0.5, 0.6) is 0 Å². The Kier molecular flexibility index (Phi) is 6.24. The van der Waals surface area contributed by atoms with Crippen molar-refractivity contribution in [2.24, 2.45) is 0 Å². The Bertz CT molecular complexity index is 770. The number of nitrogens with zero attached hydrogens (tertiary/aromatic N) is 2. The second-order valence-corrected chi connectivity index (χ2v) is 10.2. The number of rotatable bonds is 3. The third-order valence-corrected chi connectivity index (χ3v) is 6.03. The van der Waals surface area contributed by atoms with Crippen molar-refractivity contribution >= 4 is 18.7 Å². The van der Waals surface area contributed by atoms with Gasteiger partial charge in [-0.05, 0) is 71.6 Å². The largest absolute Gasteiger partial charge is 0.495 e. The van der Waals surface area contributed by atoms with Crippen LogP contribution in [0.1, 0.15) is 54.0 Å². The molecule has 1 aromatic rings. The monoisotopic (exact) mass is 420 g/mol. The highest BCUT2D eigenvalue weighted by Crippen LogP contribution is 2.36. The van der Waals surface area contributed by atoms with Gasteiger partial charge in [-0.2, -0.15) is 0 Å². The number of halogens is 1. The van der Waals surface area contributed by atoms with Crippen molar-refractivity contribution in [3.8, 4) is 0 Å². The molecule has 0 aromatic heterocycles. The molecule has 8 heteroatoms. The molecule has 2 aliphatic rings. The van der Waals surface area contributed by atoms with Crippen LogP contribution >= 0.6 is 0 Å². The van der Waals surface area contributed by atoms with Gasteiger partial charge in [-0.1, -0.05) is 6.07 Å². The number of hydrogen-bond acceptors (Lipinski definition) is 5. The van der Waals surface area contributed by atoms with Gasteiger partial charge in [-0.15, -0.1) is 0 Å². The average Bonchev–Trinajstić information content (AvgIpc) is 2.83. The first-order valence-corrected chi connectivity index (χ1v) is 10.6. The van der Waals surface area contributed by atoms with Gasteiger partial charge >= 0.3 is 13.2 Å². The number of ether oxygens (including phenoxy) is 1. The van der Waals surface area contributed by atoms with E-state index >= 15 is 0 Å². The topological polar surface area (TPSA) is 51.2 Å². The van der Waals surface area contributed by atoms with Crippen molar-refractivity contribution in [3.63, 3.8) is 0 Å². The fourth-order valence-corrected chi connectivity index (χ4v) is 3.56. The summed E-state index contributed by atoms with van der Waals surface area (Å²) < 4.78 is 31.8. The minimum atomic E-state index is -0.608. The zero-order chi connectivity index (χ0) is 22.3. The molecule has 0 spiro atoms. The molecule has 0 N–H and O–H groups in total. The van der Waals surface area contributed by atoms with Gasteiger partial charge in [0.15, 0.2) is 0 Å². The third kappa shape index (κ3) is 5.15. The van der Waals surface area contributed by atoms with Crippen LogP contribution in [-0.2, 0) is 20.6 Å². The first-order chi connectivity index (χ1) is 13.8. The predicted octanol–water partition coefficient (Wildman–Crippen LogP) is 3.18. The zero-order valence-electron chi connectivity index (χ0n) is 19.3. The van der Waals surface area contributed by atoms with Gasteiger partial charge in [-0.25, -0.2) is 9.18 Å². The molecular weight excluding hydrogens is 386 g/mol. The highest BCUT2D eigenvalue weighted by molar-refractivity contribution is 6.62. The summed E-state index contributed by atoms with van der Waals surface area (Å²) in [6.07, 6.45) is -0.276. The molecule has 166 valence electrons. The Balaban J connectivity index is 1.67. The van der Waals surface area contributed by atoms with E-state index in [1.54, 1.807) is 11.0 Å². The van der Waals surface area contributed by atoms with Gasteiger partial charge in [-0.3, -0.25) is 4.90 Å². The highest BCUT2D eigenvalue weighted by atomic mass is 19.1. The smallest absolute Gasteiger partial charge is 0.444 e. The predicted molar refractivity (Wildman–Crippen MR) is 115 cm³/mol. The Morgan fingerprint density at radius 2 is 1.67 bits per heavy atom. The lowest BCUT2D eigenvalue weighted by Gasteiger charge is -2.35. The summed E-state index contributed by atoms with van der Waals surface area (Å²) in [5.41, 5.74) is 0.226. The van der Waals surface area contributed by atoms with Gasteiger partial charge < -0.3 is 18.9 Å². The number of hydrogen-bond donors (Lipinski definition) is 0. The molecule has 0 atom stereocenters. The highest BCUT2D eigenvalue weighted by Gasteiger charge is 2.52. The molecule has 0 aliphatic carbocycles. The van der Waals surface area contributed by atoms with E-state index < -0.39 is 23.9 Å². The van der Waals surface area contributed by atoms with Crippen LogP contribution in [0.4, 0.5) is 9.18 Å². The minimum Gasteiger partial charge on any atom is -0.444 e. The van der Waals surface area contributed by atoms with Gasteiger partial charge in [0.2, 0.25) is 0 Å². The lowest BCUT2D eigenvalue weighted by atomic mass is 9.75. The quantitative estimate of drug-likeness (QED) is 0.704. The first kappa shape index (κ1) is 23.0. The summed E-state index contributed by atoms with van der Waals surface area (Å²) in [6, 6.07) is 4.78. The molecule has 0 radical (unpaired) electrons. The summed E-state index contributed by atoms with van der Waals surface area (Å²) >= 11 is 0. The molecule has 2 saturated heterocycles. The molecule has 2 fully saturated rings. The standard InChI is InChI=1S/C22H34BFN2O4/c1-20(2,3)28-19(27)26-12-10-25(11-13-26)15-16-8-9-17(24)14-18(16)23-29-21(4,5)22(6,7)30-23/h8-9,14H,10-13,15H2,1-7H3. The normalized spacial score (nSPS) is 21.7. The van der Waals surface area contributed by atoms with Crippen molar-refractivity contribution in [2.45, 2.75) is 71.8 Å². The van der Waals surface area contributed by atoms with Crippen molar-refractivity contribution in [1.82, 2.24) is 9.80 Å². The number of amides is 1. The van der Waals surface area contributed by atoms with E-state index in [1.807, 2.05) is 48.5 Å². The molecule has 0 unspecified atom stereocenters. The number of piperazine rings is 1. The van der Waals surface area contributed by atoms with E-state index in [4.69, 9.17) is 14.0 Å². The SMILES string of the molecule is CC(C)(C)OC(=O)N1CCN(Cc2ccc(F)cc2B2OC(C)(C)C(C)(C)O2)CC1. The fraction of sp³-hybridized carbons (Fsp3) is 0.682. The molecular formula is C22H34BFN2O4. The maximum atomic E-state index is 14.1. The lowest BCUT2D eigenvalue weighted by molar-refractivity contribution is 0.00578. The Morgan fingerprint density at radius 3 is 2.20 bits per heavy atom. The molecule has 1 aromatic carbocycles. The van der Waals surface area contributed by atoms with Crippen LogP contribution in [0, 0.1) is 5.82 Å². The zero-order valence-corrected chi connectivity index (χ0v) is 19.3. The van der Waals surface area contributed by atoms with E-state index in [2.05, 4.69) is 4.90 Å². The minimum absolute atomic E-state index is 0.276. The number of carbonyl (C=O) groups is 1. The molecule has 0 bridgehead atoms. The van der Waals surface area contributed by atoms with Crippen LogP contribution in [0.25, 0.3) is 0 Å². The first-order valence-electron chi connectivity index (χ1n) is 10.6. The van der Waals surface area contributed by atoms with E-state index in [0.29, 0.717) is 19.6 Å². The molecule has 1 amide bonds. The summed E-state index contributed by atoms with van der Waals surface area (Å²) in [7, 11) is -0.608. The van der Waals surface area contributed by atoms with Crippen LogP contribution in [0.3, 0.4) is 0 Å².